The van der Waals surface area contributed by atoms with E-state index < -0.39 is 10.0 Å². The second kappa shape index (κ2) is 10.0. The molecule has 0 saturated heterocycles. The second-order valence-electron chi connectivity index (χ2n) is 6.64. The van der Waals surface area contributed by atoms with Gasteiger partial charge < -0.3 is 9.47 Å². The summed E-state index contributed by atoms with van der Waals surface area (Å²) < 4.78 is 39.3. The predicted octanol–water partition coefficient (Wildman–Crippen LogP) is 6.07. The molecule has 2 aromatic heterocycles. The maximum absolute atomic E-state index is 12.8. The fourth-order valence-corrected chi connectivity index (χ4v) is 4.47. The smallest absolute Gasteiger partial charge is 0.256 e. The summed E-state index contributed by atoms with van der Waals surface area (Å²) in [6, 6.07) is 17.8. The molecular formula is C23H18ClN3O4S2. The van der Waals surface area contributed by atoms with Crippen LogP contribution in [0.15, 0.2) is 76.8 Å². The Morgan fingerprint density at radius 2 is 1.73 bits per heavy atom. The highest BCUT2D eigenvalue weighted by molar-refractivity contribution is 7.95. The number of nitrogens with zero attached hydrogens (tertiary/aromatic N) is 2. The first kappa shape index (κ1) is 22.8. The molecule has 0 unspecified atom stereocenters. The molecule has 4 rings (SSSR count). The first-order chi connectivity index (χ1) is 15.9. The average molecular weight is 500 g/mol. The summed E-state index contributed by atoms with van der Waals surface area (Å²) >= 11 is 7.89. The van der Waals surface area contributed by atoms with E-state index in [1.165, 1.54) is 24.5 Å². The van der Waals surface area contributed by atoms with Crippen LogP contribution in [0.4, 0.5) is 5.82 Å². The van der Waals surface area contributed by atoms with Gasteiger partial charge in [0, 0.05) is 10.9 Å². The lowest BCUT2D eigenvalue weighted by Gasteiger charge is -2.15. The Bertz CT molecular complexity index is 1380. The molecule has 1 N–H and O–H groups in total. The maximum Gasteiger partial charge on any atom is 0.256 e. The van der Waals surface area contributed by atoms with Gasteiger partial charge in [0.1, 0.15) is 0 Å². The first-order valence-corrected chi connectivity index (χ1v) is 12.5. The van der Waals surface area contributed by atoms with Gasteiger partial charge in [-0.3, -0.25) is 4.72 Å². The predicted molar refractivity (Wildman–Crippen MR) is 131 cm³/mol. The van der Waals surface area contributed by atoms with Gasteiger partial charge in [0.05, 0.1) is 12.5 Å². The molecule has 33 heavy (non-hydrogen) atoms. The van der Waals surface area contributed by atoms with Gasteiger partial charge in [-0.1, -0.05) is 54.1 Å². The Morgan fingerprint density at radius 3 is 2.42 bits per heavy atom. The molecule has 7 nitrogen and oxygen atoms in total. The van der Waals surface area contributed by atoms with Gasteiger partial charge in [0.25, 0.3) is 10.0 Å². The van der Waals surface area contributed by atoms with Gasteiger partial charge in [0.15, 0.2) is 28.3 Å². The minimum Gasteiger partial charge on any atom is -0.493 e. The molecule has 0 atom stereocenters. The number of rotatable bonds is 8. The molecule has 0 aliphatic rings. The number of benzene rings is 2. The van der Waals surface area contributed by atoms with E-state index >= 15 is 0 Å². The summed E-state index contributed by atoms with van der Waals surface area (Å²) in [5, 5.41) is 4.69. The molecule has 10 heteroatoms. The summed E-state index contributed by atoms with van der Waals surface area (Å²) in [6.07, 6.45) is 1.48. The van der Waals surface area contributed by atoms with Crippen molar-refractivity contribution in [2.75, 3.05) is 11.8 Å². The molecular weight excluding hydrogens is 482 g/mol. The van der Waals surface area contributed by atoms with Crippen LogP contribution in [0, 0.1) is 0 Å². The third-order valence-corrected chi connectivity index (χ3v) is 6.27. The van der Waals surface area contributed by atoms with E-state index in [0.29, 0.717) is 17.1 Å². The molecule has 0 spiro atoms. The lowest BCUT2D eigenvalue weighted by Crippen LogP contribution is -2.12. The Labute approximate surface area is 200 Å². The molecule has 0 aliphatic heterocycles. The van der Waals surface area contributed by atoms with Crippen molar-refractivity contribution in [2.24, 2.45) is 0 Å². The molecule has 168 valence electrons. The number of anilines is 1. The zero-order valence-corrected chi connectivity index (χ0v) is 19.7. The van der Waals surface area contributed by atoms with Crippen LogP contribution in [-0.2, 0) is 10.0 Å². The minimum absolute atomic E-state index is 0.0446. The highest BCUT2D eigenvalue weighted by Gasteiger charge is 2.21. The number of aromatic nitrogens is 2. The van der Waals surface area contributed by atoms with Crippen molar-refractivity contribution < 1.29 is 17.9 Å². The fraction of sp³-hybridized carbons (Fsp3) is 0.0435. The van der Waals surface area contributed by atoms with Crippen molar-refractivity contribution in [2.45, 2.75) is 0 Å². The van der Waals surface area contributed by atoms with Crippen LogP contribution in [-0.4, -0.2) is 25.5 Å². The second-order valence-corrected chi connectivity index (χ2v) is 9.35. The minimum atomic E-state index is -3.95. The number of methoxy groups -OCH3 is 1. The fourth-order valence-electron chi connectivity index (χ4n) is 2.82. The number of hydrogen-bond donors (Lipinski definition) is 1. The molecule has 0 bridgehead atoms. The Kier molecular flexibility index (Phi) is 6.93. The van der Waals surface area contributed by atoms with Crippen molar-refractivity contribution in [1.82, 2.24) is 9.97 Å². The summed E-state index contributed by atoms with van der Waals surface area (Å²) in [5.41, 5.74) is 1.43. The van der Waals surface area contributed by atoms with Crippen molar-refractivity contribution in [3.05, 3.63) is 87.5 Å². The van der Waals surface area contributed by atoms with Crippen molar-refractivity contribution in [1.29, 1.82) is 0 Å². The molecule has 0 saturated carbocycles. The largest absolute Gasteiger partial charge is 0.493 e. The molecule has 0 radical (unpaired) electrons. The van der Waals surface area contributed by atoms with Crippen molar-refractivity contribution in [3.8, 4) is 28.6 Å². The molecule has 2 heterocycles. The van der Waals surface area contributed by atoms with Crippen molar-refractivity contribution >= 4 is 44.9 Å². The van der Waals surface area contributed by atoms with Crippen LogP contribution in [0.25, 0.3) is 17.5 Å². The van der Waals surface area contributed by atoms with Crippen LogP contribution in [0.1, 0.15) is 5.56 Å². The van der Waals surface area contributed by atoms with Crippen LogP contribution in [0.5, 0.6) is 17.2 Å². The van der Waals surface area contributed by atoms with Gasteiger partial charge in [0.2, 0.25) is 5.75 Å². The van der Waals surface area contributed by atoms with Gasteiger partial charge in [-0.15, -0.1) is 0 Å². The number of para-hydroxylation sites is 2. The highest BCUT2D eigenvalue weighted by Crippen LogP contribution is 2.39. The van der Waals surface area contributed by atoms with Crippen LogP contribution in [0.2, 0.25) is 5.15 Å². The number of thiophene rings is 1. The number of ether oxygens (including phenoxy) is 2. The third-order valence-electron chi connectivity index (χ3n) is 4.36. The summed E-state index contributed by atoms with van der Waals surface area (Å²) in [7, 11) is -2.46. The number of sulfonamides is 1. The number of hydrogen-bond acceptors (Lipinski definition) is 7. The zero-order chi connectivity index (χ0) is 23.3. The van der Waals surface area contributed by atoms with Crippen molar-refractivity contribution in [3.63, 3.8) is 0 Å². The Hall–Kier alpha value is -3.40. The van der Waals surface area contributed by atoms with Gasteiger partial charge in [-0.25, -0.2) is 18.4 Å². The first-order valence-electron chi connectivity index (χ1n) is 9.62. The molecule has 2 aromatic carbocycles. The van der Waals surface area contributed by atoms with E-state index in [-0.39, 0.29) is 22.5 Å². The Balaban J connectivity index is 1.74. The van der Waals surface area contributed by atoms with Crippen LogP contribution >= 0.6 is 22.9 Å². The van der Waals surface area contributed by atoms with E-state index in [2.05, 4.69) is 14.7 Å². The number of halogens is 1. The van der Waals surface area contributed by atoms with E-state index in [1.807, 2.05) is 35.0 Å². The standard InChI is InChI=1S/C23H18ClN3O4S2/c1-30-18-9-5-6-10-19(18)31-20-21(24)25-22(17-11-13-32-15-17)26-23(20)27-33(28,29)14-12-16-7-3-2-4-8-16/h2-15H,1H3,(H,25,26,27)/b14-12+. The van der Waals surface area contributed by atoms with Gasteiger partial charge >= 0.3 is 0 Å². The SMILES string of the molecule is COc1ccccc1Oc1c(Cl)nc(-c2ccsc2)nc1NS(=O)(=O)/C=C/c1ccccc1. The van der Waals surface area contributed by atoms with Crippen LogP contribution in [0.3, 0.4) is 0 Å². The van der Waals surface area contributed by atoms with Crippen LogP contribution < -0.4 is 14.2 Å². The third kappa shape index (κ3) is 5.70. The quantitative estimate of drug-likeness (QED) is 0.296. The zero-order valence-electron chi connectivity index (χ0n) is 17.3. The maximum atomic E-state index is 12.8. The topological polar surface area (TPSA) is 90.4 Å². The normalized spacial score (nSPS) is 11.5. The van der Waals surface area contributed by atoms with E-state index in [1.54, 1.807) is 36.4 Å². The molecule has 0 amide bonds. The monoisotopic (exact) mass is 499 g/mol. The molecule has 0 fully saturated rings. The van der Waals surface area contributed by atoms with Gasteiger partial charge in [-0.05, 0) is 35.2 Å². The molecule has 4 aromatic rings. The van der Waals surface area contributed by atoms with E-state index in [4.69, 9.17) is 21.1 Å². The van der Waals surface area contributed by atoms with Gasteiger partial charge in [-0.2, -0.15) is 11.3 Å². The summed E-state index contributed by atoms with van der Waals surface area (Å²) in [4.78, 5) is 8.68. The van der Waals surface area contributed by atoms with E-state index in [9.17, 15) is 8.42 Å². The number of nitrogens with one attached hydrogen (secondary N) is 1. The van der Waals surface area contributed by atoms with E-state index in [0.717, 1.165) is 11.0 Å². The lowest BCUT2D eigenvalue weighted by atomic mass is 10.2. The highest BCUT2D eigenvalue weighted by atomic mass is 35.5. The summed E-state index contributed by atoms with van der Waals surface area (Å²) in [5.74, 6) is 0.886. The lowest BCUT2D eigenvalue weighted by molar-refractivity contribution is 0.378. The average Bonchev–Trinajstić information content (AvgIpc) is 3.36. The summed E-state index contributed by atoms with van der Waals surface area (Å²) in [6.45, 7) is 0. The Morgan fingerprint density at radius 1 is 1.00 bits per heavy atom. The molecule has 0 aliphatic carbocycles.